The number of nitrogens with zero attached hydrogens (tertiary/aromatic N) is 3. The van der Waals surface area contributed by atoms with Crippen molar-refractivity contribution in [3.8, 4) is 0 Å². The minimum absolute atomic E-state index is 0.0263. The van der Waals surface area contributed by atoms with E-state index in [1.807, 2.05) is 0 Å². The molecule has 23 heavy (non-hydrogen) atoms. The van der Waals surface area contributed by atoms with Crippen molar-refractivity contribution in [1.82, 2.24) is 19.9 Å². The zero-order valence-electron chi connectivity index (χ0n) is 12.1. The lowest BCUT2D eigenvalue weighted by atomic mass is 9.97. The van der Waals surface area contributed by atoms with Crippen molar-refractivity contribution >= 4 is 17.2 Å². The molecule has 0 radical (unpaired) electrons. The Balaban J connectivity index is 1.66. The standard InChI is InChI=1S/C14H15F3N4OS/c15-14(16,17)11-6-19-13(20-11)9-2-1-3-21(7-9)12(22)4-10-5-18-8-23-10/h5-6,8-9H,1-4,7H2,(H,19,20). The van der Waals surface area contributed by atoms with E-state index in [9.17, 15) is 18.0 Å². The Morgan fingerprint density at radius 2 is 2.26 bits per heavy atom. The maximum Gasteiger partial charge on any atom is 0.432 e. The van der Waals surface area contributed by atoms with Crippen molar-refractivity contribution in [2.45, 2.75) is 31.4 Å². The largest absolute Gasteiger partial charge is 0.432 e. The number of hydrogen-bond acceptors (Lipinski definition) is 4. The zero-order chi connectivity index (χ0) is 16.4. The lowest BCUT2D eigenvalue weighted by molar-refractivity contribution is -0.141. The van der Waals surface area contributed by atoms with Crippen LogP contribution in [0.1, 0.15) is 35.2 Å². The molecule has 0 aliphatic carbocycles. The third-order valence-electron chi connectivity index (χ3n) is 3.87. The molecule has 0 bridgehead atoms. The average Bonchev–Trinajstić information content (AvgIpc) is 3.18. The summed E-state index contributed by atoms with van der Waals surface area (Å²) < 4.78 is 37.9. The molecule has 2 aromatic rings. The first-order valence-electron chi connectivity index (χ1n) is 7.20. The minimum atomic E-state index is -4.43. The summed E-state index contributed by atoms with van der Waals surface area (Å²) in [7, 11) is 0. The van der Waals surface area contributed by atoms with Gasteiger partial charge in [-0.05, 0) is 12.8 Å². The van der Waals surface area contributed by atoms with E-state index < -0.39 is 11.9 Å². The fraction of sp³-hybridized carbons (Fsp3) is 0.500. The van der Waals surface area contributed by atoms with Crippen molar-refractivity contribution in [3.05, 3.63) is 34.3 Å². The van der Waals surface area contributed by atoms with E-state index >= 15 is 0 Å². The van der Waals surface area contributed by atoms with Crippen molar-refractivity contribution in [1.29, 1.82) is 0 Å². The average molecular weight is 344 g/mol. The molecule has 2 aromatic heterocycles. The van der Waals surface area contributed by atoms with Crippen LogP contribution in [0.5, 0.6) is 0 Å². The predicted molar refractivity (Wildman–Crippen MR) is 78.0 cm³/mol. The topological polar surface area (TPSA) is 61.9 Å². The molecule has 3 heterocycles. The number of carbonyl (C=O) groups is 1. The first-order chi connectivity index (χ1) is 10.9. The number of H-pyrrole nitrogens is 1. The van der Waals surface area contributed by atoms with Crippen LogP contribution in [0.25, 0.3) is 0 Å². The maximum atomic E-state index is 12.6. The Morgan fingerprint density at radius 3 is 2.91 bits per heavy atom. The molecule has 0 aromatic carbocycles. The van der Waals surface area contributed by atoms with Crippen molar-refractivity contribution < 1.29 is 18.0 Å². The molecule has 5 nitrogen and oxygen atoms in total. The summed E-state index contributed by atoms with van der Waals surface area (Å²) in [6.45, 7) is 1.02. The number of hydrogen-bond donors (Lipinski definition) is 1. The second-order valence-corrected chi connectivity index (χ2v) is 6.47. The highest BCUT2D eigenvalue weighted by atomic mass is 32.1. The minimum Gasteiger partial charge on any atom is -0.342 e. The number of carbonyl (C=O) groups excluding carboxylic acids is 1. The number of thiazole rings is 1. The molecule has 1 aliphatic heterocycles. The summed E-state index contributed by atoms with van der Waals surface area (Å²) in [6, 6.07) is 0. The summed E-state index contributed by atoms with van der Waals surface area (Å²) >= 11 is 1.42. The van der Waals surface area contributed by atoms with E-state index in [1.165, 1.54) is 11.3 Å². The highest BCUT2D eigenvalue weighted by molar-refractivity contribution is 7.09. The van der Waals surface area contributed by atoms with Gasteiger partial charge >= 0.3 is 6.18 Å². The van der Waals surface area contributed by atoms with Gasteiger partial charge in [-0.25, -0.2) is 4.98 Å². The molecule has 9 heteroatoms. The molecule has 124 valence electrons. The van der Waals surface area contributed by atoms with Gasteiger partial charge in [0.15, 0.2) is 0 Å². The van der Waals surface area contributed by atoms with Gasteiger partial charge in [-0.2, -0.15) is 13.2 Å². The first kappa shape index (κ1) is 16.0. The van der Waals surface area contributed by atoms with Gasteiger partial charge in [-0.3, -0.25) is 9.78 Å². The molecule has 1 atom stereocenters. The summed E-state index contributed by atoms with van der Waals surface area (Å²) in [5.41, 5.74) is 0.823. The fourth-order valence-electron chi connectivity index (χ4n) is 2.71. The number of halogens is 3. The summed E-state index contributed by atoms with van der Waals surface area (Å²) in [6.07, 6.45) is -0.208. The highest BCUT2D eigenvalue weighted by Gasteiger charge is 2.34. The fourth-order valence-corrected chi connectivity index (χ4v) is 3.29. The summed E-state index contributed by atoms with van der Waals surface area (Å²) in [4.78, 5) is 25.0. The van der Waals surface area contributed by atoms with E-state index in [4.69, 9.17) is 0 Å². The summed E-state index contributed by atoms with van der Waals surface area (Å²) in [5, 5.41) is 0. The van der Waals surface area contributed by atoms with Gasteiger partial charge < -0.3 is 9.88 Å². The Labute approximate surface area is 134 Å². The number of amides is 1. The van der Waals surface area contributed by atoms with E-state index in [2.05, 4.69) is 15.0 Å². The van der Waals surface area contributed by atoms with Crippen LogP contribution in [-0.4, -0.2) is 38.8 Å². The molecule has 1 amide bonds. The van der Waals surface area contributed by atoms with Gasteiger partial charge in [0.05, 0.1) is 18.1 Å². The Bertz CT molecular complexity index is 668. The normalized spacial score (nSPS) is 19.1. The highest BCUT2D eigenvalue weighted by Crippen LogP contribution is 2.31. The molecule has 0 saturated carbocycles. The van der Waals surface area contributed by atoms with Crippen molar-refractivity contribution in [2.75, 3.05) is 13.1 Å². The number of imidazole rings is 1. The van der Waals surface area contributed by atoms with Gasteiger partial charge in [-0.1, -0.05) is 0 Å². The maximum absolute atomic E-state index is 12.6. The number of likely N-dealkylation sites (tertiary alicyclic amines) is 1. The van der Waals surface area contributed by atoms with Crippen LogP contribution in [0.2, 0.25) is 0 Å². The molecular formula is C14H15F3N4OS. The Kier molecular flexibility index (Phi) is 4.38. The molecule has 1 aliphatic rings. The lowest BCUT2D eigenvalue weighted by Gasteiger charge is -2.31. The number of piperidine rings is 1. The van der Waals surface area contributed by atoms with E-state index in [0.717, 1.165) is 23.9 Å². The second-order valence-electron chi connectivity index (χ2n) is 5.50. The van der Waals surface area contributed by atoms with Gasteiger partial charge in [0.1, 0.15) is 11.5 Å². The van der Waals surface area contributed by atoms with Gasteiger partial charge in [0.25, 0.3) is 0 Å². The van der Waals surface area contributed by atoms with E-state index in [-0.39, 0.29) is 18.2 Å². The molecule has 1 unspecified atom stereocenters. The smallest absolute Gasteiger partial charge is 0.342 e. The van der Waals surface area contributed by atoms with E-state index in [0.29, 0.717) is 18.9 Å². The molecule has 1 saturated heterocycles. The van der Waals surface area contributed by atoms with Crippen LogP contribution in [0.4, 0.5) is 13.2 Å². The van der Waals surface area contributed by atoms with Crippen LogP contribution in [0, 0.1) is 0 Å². The van der Waals surface area contributed by atoms with Crippen molar-refractivity contribution in [3.63, 3.8) is 0 Å². The number of aromatic amines is 1. The van der Waals surface area contributed by atoms with Crippen LogP contribution in [-0.2, 0) is 17.4 Å². The third-order valence-corrected chi connectivity index (χ3v) is 4.65. The number of aromatic nitrogens is 3. The number of rotatable bonds is 3. The lowest BCUT2D eigenvalue weighted by Crippen LogP contribution is -2.40. The third kappa shape index (κ3) is 3.72. The van der Waals surface area contributed by atoms with Gasteiger partial charge in [0, 0.05) is 30.1 Å². The van der Waals surface area contributed by atoms with Crippen molar-refractivity contribution in [2.24, 2.45) is 0 Å². The number of alkyl halides is 3. The number of nitrogens with one attached hydrogen (secondary N) is 1. The van der Waals surface area contributed by atoms with Crippen LogP contribution in [0.15, 0.2) is 17.9 Å². The quantitative estimate of drug-likeness (QED) is 0.931. The van der Waals surface area contributed by atoms with Gasteiger partial charge in [-0.15, -0.1) is 11.3 Å². The molecule has 1 N–H and O–H groups in total. The molecule has 1 fully saturated rings. The second kappa shape index (κ2) is 6.31. The first-order valence-corrected chi connectivity index (χ1v) is 8.08. The van der Waals surface area contributed by atoms with Gasteiger partial charge in [0.2, 0.25) is 5.91 Å². The van der Waals surface area contributed by atoms with Crippen LogP contribution >= 0.6 is 11.3 Å². The SMILES string of the molecule is O=C(Cc1cncs1)N1CCCC(c2ncc(C(F)(F)F)[nH]2)C1. The molecule has 0 spiro atoms. The van der Waals surface area contributed by atoms with E-state index in [1.54, 1.807) is 16.6 Å². The Morgan fingerprint density at radius 1 is 1.43 bits per heavy atom. The monoisotopic (exact) mass is 344 g/mol. The van der Waals surface area contributed by atoms with Crippen LogP contribution < -0.4 is 0 Å². The van der Waals surface area contributed by atoms with Crippen LogP contribution in [0.3, 0.4) is 0 Å². The summed E-state index contributed by atoms with van der Waals surface area (Å²) in [5.74, 6) is 0.0828. The Hall–Kier alpha value is -1.90. The predicted octanol–water partition coefficient (Wildman–Crippen LogP) is 2.83. The zero-order valence-corrected chi connectivity index (χ0v) is 13.0. The molecule has 3 rings (SSSR count). The molecular weight excluding hydrogens is 329 g/mol.